The predicted octanol–water partition coefficient (Wildman–Crippen LogP) is 16.6. The number of carbonyl (C=O) groups is 3. The highest BCUT2D eigenvalue weighted by Gasteiger charge is 2.19. The first-order valence-electron chi connectivity index (χ1n) is 25.2. The van der Waals surface area contributed by atoms with Gasteiger partial charge in [-0.15, -0.1) is 0 Å². The van der Waals surface area contributed by atoms with Crippen LogP contribution in [0.15, 0.2) is 97.2 Å². The summed E-state index contributed by atoms with van der Waals surface area (Å²) in [6.07, 6.45) is 65.4. The summed E-state index contributed by atoms with van der Waals surface area (Å²) in [4.78, 5) is 37.9. The zero-order valence-electron chi connectivity index (χ0n) is 40.1. The molecule has 0 aliphatic carbocycles. The zero-order valence-corrected chi connectivity index (χ0v) is 40.1. The lowest BCUT2D eigenvalue weighted by atomic mass is 10.1. The lowest BCUT2D eigenvalue weighted by Crippen LogP contribution is -2.30. The molecule has 0 heterocycles. The minimum absolute atomic E-state index is 0.117. The van der Waals surface area contributed by atoms with Gasteiger partial charge in [-0.25, -0.2) is 0 Å². The average molecular weight is 861 g/mol. The number of unbranched alkanes of at least 4 members (excludes halogenated alkanes) is 17. The molecular weight excluding hydrogens is 769 g/mol. The van der Waals surface area contributed by atoms with Gasteiger partial charge in [0.25, 0.3) is 0 Å². The van der Waals surface area contributed by atoms with E-state index in [9.17, 15) is 14.4 Å². The topological polar surface area (TPSA) is 78.9 Å². The van der Waals surface area contributed by atoms with Crippen molar-refractivity contribution in [3.05, 3.63) is 97.2 Å². The second-order valence-corrected chi connectivity index (χ2v) is 16.3. The maximum Gasteiger partial charge on any atom is 0.306 e. The van der Waals surface area contributed by atoms with Crippen LogP contribution in [0.2, 0.25) is 0 Å². The number of allylic oxidation sites excluding steroid dienone is 16. The maximum absolute atomic E-state index is 12.8. The molecular formula is C56H92O6. The van der Waals surface area contributed by atoms with E-state index in [2.05, 4.69) is 118 Å². The molecule has 0 aliphatic heterocycles. The van der Waals surface area contributed by atoms with Crippen LogP contribution in [0, 0.1) is 0 Å². The van der Waals surface area contributed by atoms with Gasteiger partial charge in [0.05, 0.1) is 0 Å². The fourth-order valence-electron chi connectivity index (χ4n) is 6.50. The van der Waals surface area contributed by atoms with Gasteiger partial charge in [0.1, 0.15) is 13.2 Å². The van der Waals surface area contributed by atoms with Crippen LogP contribution < -0.4 is 0 Å². The number of hydrogen-bond donors (Lipinski definition) is 0. The molecule has 0 aromatic rings. The first-order chi connectivity index (χ1) is 30.5. The van der Waals surface area contributed by atoms with Crippen LogP contribution in [0.1, 0.15) is 220 Å². The molecule has 0 fully saturated rings. The van der Waals surface area contributed by atoms with Gasteiger partial charge in [0.2, 0.25) is 0 Å². The summed E-state index contributed by atoms with van der Waals surface area (Å²) in [6.45, 7) is 6.38. The highest BCUT2D eigenvalue weighted by molar-refractivity contribution is 5.71. The normalized spacial score (nSPS) is 12.9. The fourth-order valence-corrected chi connectivity index (χ4v) is 6.50. The van der Waals surface area contributed by atoms with E-state index in [1.54, 1.807) is 0 Å². The Bertz CT molecular complexity index is 1260. The number of hydrogen-bond acceptors (Lipinski definition) is 6. The Morgan fingerprint density at radius 2 is 0.645 bits per heavy atom. The van der Waals surface area contributed by atoms with Gasteiger partial charge in [-0.2, -0.15) is 0 Å². The van der Waals surface area contributed by atoms with Crippen molar-refractivity contribution in [1.82, 2.24) is 0 Å². The van der Waals surface area contributed by atoms with E-state index in [0.29, 0.717) is 19.3 Å². The van der Waals surface area contributed by atoms with Crippen molar-refractivity contribution in [2.45, 2.75) is 226 Å². The standard InChI is InChI=1S/C56H92O6/c1-4-7-10-13-16-19-22-25-27-28-30-31-34-37-40-43-46-49-55(58)61-52-53(51-60-54(57)48-45-42-39-36-33-24-21-18-15-12-9-6-3)62-56(59)50-47-44-41-38-35-32-29-26-23-20-17-14-11-8-5-2/h9,12,16,18-21,23,25,27,30-31,33,36-37,40,53H,4-8,10-11,13-15,17,22,24,26,28-29,32,34-35,38-39,41-52H2,1-3H3/b12-9-,19-16-,21-18-,23-20-,27-25-,31-30-,36-33-,40-37-. The van der Waals surface area contributed by atoms with Crippen LogP contribution in [-0.4, -0.2) is 37.2 Å². The van der Waals surface area contributed by atoms with E-state index >= 15 is 0 Å². The fraction of sp³-hybridized carbons (Fsp3) is 0.661. The van der Waals surface area contributed by atoms with Crippen LogP contribution in [0.4, 0.5) is 0 Å². The second kappa shape index (κ2) is 50.0. The van der Waals surface area contributed by atoms with Gasteiger partial charge in [0.15, 0.2) is 6.10 Å². The maximum atomic E-state index is 12.8. The quantitative estimate of drug-likeness (QED) is 0.0263. The van der Waals surface area contributed by atoms with Crippen molar-refractivity contribution in [3.8, 4) is 0 Å². The first-order valence-corrected chi connectivity index (χ1v) is 25.2. The van der Waals surface area contributed by atoms with Gasteiger partial charge >= 0.3 is 17.9 Å². The molecule has 0 N–H and O–H groups in total. The molecule has 62 heavy (non-hydrogen) atoms. The van der Waals surface area contributed by atoms with E-state index in [1.807, 2.05) is 0 Å². The van der Waals surface area contributed by atoms with E-state index < -0.39 is 6.10 Å². The average Bonchev–Trinajstić information content (AvgIpc) is 3.27. The van der Waals surface area contributed by atoms with E-state index in [4.69, 9.17) is 14.2 Å². The van der Waals surface area contributed by atoms with E-state index in [1.165, 1.54) is 89.9 Å². The van der Waals surface area contributed by atoms with E-state index in [0.717, 1.165) is 83.5 Å². The Labute approximate surface area is 381 Å². The van der Waals surface area contributed by atoms with Crippen LogP contribution in [0.3, 0.4) is 0 Å². The molecule has 0 aliphatic rings. The largest absolute Gasteiger partial charge is 0.462 e. The van der Waals surface area contributed by atoms with Gasteiger partial charge in [0, 0.05) is 19.3 Å². The third-order valence-electron chi connectivity index (χ3n) is 10.3. The summed E-state index contributed by atoms with van der Waals surface area (Å²) in [7, 11) is 0. The highest BCUT2D eigenvalue weighted by atomic mass is 16.6. The van der Waals surface area contributed by atoms with Crippen molar-refractivity contribution in [2.24, 2.45) is 0 Å². The summed E-state index contributed by atoms with van der Waals surface area (Å²) in [6, 6.07) is 0. The molecule has 0 rings (SSSR count). The second-order valence-electron chi connectivity index (χ2n) is 16.3. The Hall–Kier alpha value is -3.67. The molecule has 0 amide bonds. The molecule has 1 atom stereocenters. The summed E-state index contributed by atoms with van der Waals surface area (Å²) in [5.74, 6) is -1.02. The minimum atomic E-state index is -0.817. The molecule has 352 valence electrons. The summed E-state index contributed by atoms with van der Waals surface area (Å²) >= 11 is 0. The lowest BCUT2D eigenvalue weighted by Gasteiger charge is -2.18. The zero-order chi connectivity index (χ0) is 45.1. The Morgan fingerprint density at radius 1 is 0.339 bits per heavy atom. The molecule has 6 heteroatoms. The molecule has 6 nitrogen and oxygen atoms in total. The monoisotopic (exact) mass is 861 g/mol. The molecule has 0 aromatic heterocycles. The van der Waals surface area contributed by atoms with Gasteiger partial charge < -0.3 is 14.2 Å². The Morgan fingerprint density at radius 3 is 1.13 bits per heavy atom. The summed E-state index contributed by atoms with van der Waals surface area (Å²) < 4.78 is 16.7. The van der Waals surface area contributed by atoms with Crippen molar-refractivity contribution in [3.63, 3.8) is 0 Å². The SMILES string of the molecule is CC/C=C\C/C=C\C/C=C\CCCCC(=O)OCC(COC(=O)CCC/C=C\C/C=C\C/C=C\C/C=C\CCCCC)OC(=O)CCCCCCCCC/C=C\CCCCCC. The van der Waals surface area contributed by atoms with E-state index in [-0.39, 0.29) is 37.5 Å². The molecule has 0 saturated heterocycles. The van der Waals surface area contributed by atoms with Gasteiger partial charge in [-0.05, 0) is 116 Å². The molecule has 0 spiro atoms. The molecule has 0 saturated carbocycles. The number of esters is 3. The Kier molecular flexibility index (Phi) is 47.0. The van der Waals surface area contributed by atoms with Crippen LogP contribution in [0.5, 0.6) is 0 Å². The Balaban J connectivity index is 4.53. The molecule has 0 aromatic carbocycles. The lowest BCUT2D eigenvalue weighted by molar-refractivity contribution is -0.167. The molecule has 0 radical (unpaired) electrons. The summed E-state index contributed by atoms with van der Waals surface area (Å²) in [5, 5.41) is 0. The number of rotatable bonds is 44. The molecule has 0 bridgehead atoms. The predicted molar refractivity (Wildman–Crippen MR) is 265 cm³/mol. The third kappa shape index (κ3) is 47.4. The minimum Gasteiger partial charge on any atom is -0.462 e. The van der Waals surface area contributed by atoms with Crippen molar-refractivity contribution in [2.75, 3.05) is 13.2 Å². The van der Waals surface area contributed by atoms with Crippen molar-refractivity contribution in [1.29, 1.82) is 0 Å². The summed E-state index contributed by atoms with van der Waals surface area (Å²) in [5.41, 5.74) is 0. The highest BCUT2D eigenvalue weighted by Crippen LogP contribution is 2.13. The van der Waals surface area contributed by atoms with Gasteiger partial charge in [-0.3, -0.25) is 14.4 Å². The van der Waals surface area contributed by atoms with Crippen molar-refractivity contribution >= 4 is 17.9 Å². The number of carbonyl (C=O) groups excluding carboxylic acids is 3. The van der Waals surface area contributed by atoms with Gasteiger partial charge in [-0.1, -0.05) is 182 Å². The van der Waals surface area contributed by atoms with Crippen LogP contribution >= 0.6 is 0 Å². The first kappa shape index (κ1) is 58.3. The smallest absolute Gasteiger partial charge is 0.306 e. The van der Waals surface area contributed by atoms with Crippen LogP contribution in [0.25, 0.3) is 0 Å². The molecule has 1 unspecified atom stereocenters. The third-order valence-corrected chi connectivity index (χ3v) is 10.3. The number of ether oxygens (including phenoxy) is 3. The van der Waals surface area contributed by atoms with Crippen LogP contribution in [-0.2, 0) is 28.6 Å². The van der Waals surface area contributed by atoms with Crippen molar-refractivity contribution < 1.29 is 28.6 Å².